The van der Waals surface area contributed by atoms with E-state index in [4.69, 9.17) is 0 Å². The van der Waals surface area contributed by atoms with Crippen LogP contribution in [0.25, 0.3) is 0 Å². The molecule has 2 heteroatoms. The summed E-state index contributed by atoms with van der Waals surface area (Å²) >= 11 is 0. The molecule has 0 amide bonds. The lowest BCUT2D eigenvalue weighted by Gasteiger charge is -2.37. The molecule has 2 nitrogen and oxygen atoms in total. The molecule has 0 aromatic rings. The molecule has 0 bridgehead atoms. The molecule has 120 valence electrons. The summed E-state index contributed by atoms with van der Waals surface area (Å²) in [5, 5.41) is 3.68. The Labute approximate surface area is 127 Å². The van der Waals surface area contributed by atoms with Crippen molar-refractivity contribution in [3.8, 4) is 0 Å². The van der Waals surface area contributed by atoms with Crippen molar-refractivity contribution < 1.29 is 0 Å². The van der Waals surface area contributed by atoms with Crippen molar-refractivity contribution in [1.29, 1.82) is 0 Å². The Kier molecular flexibility index (Phi) is 7.00. The van der Waals surface area contributed by atoms with Crippen molar-refractivity contribution in [3.63, 3.8) is 0 Å². The van der Waals surface area contributed by atoms with E-state index in [9.17, 15) is 0 Å². The van der Waals surface area contributed by atoms with Crippen LogP contribution in [-0.2, 0) is 0 Å². The minimum absolute atomic E-state index is 0.460. The zero-order valence-corrected chi connectivity index (χ0v) is 14.9. The molecule has 0 saturated carbocycles. The second-order valence-electron chi connectivity index (χ2n) is 7.41. The van der Waals surface area contributed by atoms with Gasteiger partial charge in [-0.15, -0.1) is 0 Å². The largest absolute Gasteiger partial charge is 0.314 e. The van der Waals surface area contributed by atoms with Gasteiger partial charge in [0.1, 0.15) is 0 Å². The first-order chi connectivity index (χ1) is 9.44. The van der Waals surface area contributed by atoms with Gasteiger partial charge in [-0.2, -0.15) is 0 Å². The topological polar surface area (TPSA) is 15.3 Å². The van der Waals surface area contributed by atoms with Gasteiger partial charge in [-0.3, -0.25) is 0 Å². The maximum absolute atomic E-state index is 3.68. The van der Waals surface area contributed by atoms with E-state index in [-0.39, 0.29) is 0 Å². The second kappa shape index (κ2) is 7.79. The Hall–Kier alpha value is -0.0800. The van der Waals surface area contributed by atoms with Crippen LogP contribution in [0, 0.1) is 10.8 Å². The highest BCUT2D eigenvalue weighted by Crippen LogP contribution is 2.39. The molecule has 1 aliphatic rings. The summed E-state index contributed by atoms with van der Waals surface area (Å²) in [4.78, 5) is 2.75. The first kappa shape index (κ1) is 18.0. The number of hydrogen-bond donors (Lipinski definition) is 1. The summed E-state index contributed by atoms with van der Waals surface area (Å²) in [5.41, 5.74) is 1.07. The smallest absolute Gasteiger partial charge is 0.00502 e. The standard InChI is InChI=1S/C18H38N2/c1-7-17(8-2)11-12-20(14-17)15-18(9-3,10-4)13-19-16(5)6/h16,19H,7-15H2,1-6H3. The van der Waals surface area contributed by atoms with E-state index in [1.807, 2.05) is 0 Å². The highest BCUT2D eigenvalue weighted by atomic mass is 15.2. The van der Waals surface area contributed by atoms with Crippen LogP contribution in [0.15, 0.2) is 0 Å². The summed E-state index contributed by atoms with van der Waals surface area (Å²) in [6.07, 6.45) is 6.65. The van der Waals surface area contributed by atoms with Gasteiger partial charge in [0, 0.05) is 25.7 Å². The minimum atomic E-state index is 0.460. The summed E-state index contributed by atoms with van der Waals surface area (Å²) in [6.45, 7) is 19.1. The Morgan fingerprint density at radius 1 is 1.10 bits per heavy atom. The number of rotatable bonds is 9. The molecule has 1 rings (SSSR count). The quantitative estimate of drug-likeness (QED) is 0.678. The average Bonchev–Trinajstić information content (AvgIpc) is 2.87. The SMILES string of the molecule is CCC1(CC)CCN(CC(CC)(CC)CNC(C)C)C1. The zero-order valence-electron chi connectivity index (χ0n) is 14.9. The highest BCUT2D eigenvalue weighted by molar-refractivity contribution is 4.92. The lowest BCUT2D eigenvalue weighted by atomic mass is 9.80. The molecule has 0 aromatic heterocycles. The first-order valence-electron chi connectivity index (χ1n) is 8.90. The molecule has 0 radical (unpaired) electrons. The van der Waals surface area contributed by atoms with Crippen LogP contribution >= 0.6 is 0 Å². The molecule has 0 aliphatic carbocycles. The molecule has 1 aliphatic heterocycles. The lowest BCUT2D eigenvalue weighted by Crippen LogP contribution is -2.45. The van der Waals surface area contributed by atoms with Crippen LogP contribution in [0.2, 0.25) is 0 Å². The van der Waals surface area contributed by atoms with Gasteiger partial charge in [0.25, 0.3) is 0 Å². The van der Waals surface area contributed by atoms with Gasteiger partial charge in [0.15, 0.2) is 0 Å². The van der Waals surface area contributed by atoms with Gasteiger partial charge in [-0.25, -0.2) is 0 Å². The van der Waals surface area contributed by atoms with Crippen molar-refractivity contribution in [3.05, 3.63) is 0 Å². The molecule has 0 aromatic carbocycles. The maximum Gasteiger partial charge on any atom is 0.00502 e. The van der Waals surface area contributed by atoms with Crippen LogP contribution in [0.1, 0.15) is 73.6 Å². The minimum Gasteiger partial charge on any atom is -0.314 e. The third-order valence-electron chi connectivity index (χ3n) is 5.96. The predicted molar refractivity (Wildman–Crippen MR) is 90.2 cm³/mol. The van der Waals surface area contributed by atoms with Crippen LogP contribution in [0.5, 0.6) is 0 Å². The Morgan fingerprint density at radius 3 is 2.10 bits per heavy atom. The molecule has 0 spiro atoms. The lowest BCUT2D eigenvalue weighted by molar-refractivity contribution is 0.136. The number of likely N-dealkylation sites (tertiary alicyclic amines) is 1. The van der Waals surface area contributed by atoms with Crippen molar-refractivity contribution >= 4 is 0 Å². The van der Waals surface area contributed by atoms with Gasteiger partial charge >= 0.3 is 0 Å². The zero-order chi connectivity index (χ0) is 15.2. The maximum atomic E-state index is 3.68. The molecule has 1 fully saturated rings. The number of hydrogen-bond acceptors (Lipinski definition) is 2. The van der Waals surface area contributed by atoms with E-state index in [2.05, 4.69) is 51.8 Å². The normalized spacial score (nSPS) is 19.9. The molecule has 0 unspecified atom stereocenters. The molecule has 20 heavy (non-hydrogen) atoms. The molecule has 1 heterocycles. The number of nitrogens with zero attached hydrogens (tertiary/aromatic N) is 1. The highest BCUT2D eigenvalue weighted by Gasteiger charge is 2.38. The molecule has 1 N–H and O–H groups in total. The fraction of sp³-hybridized carbons (Fsp3) is 1.00. The second-order valence-corrected chi connectivity index (χ2v) is 7.41. The Bertz CT molecular complexity index is 265. The van der Waals surface area contributed by atoms with E-state index in [0.717, 1.165) is 0 Å². The van der Waals surface area contributed by atoms with Gasteiger partial charge in [-0.1, -0.05) is 41.5 Å². The fourth-order valence-electron chi connectivity index (χ4n) is 3.66. The van der Waals surface area contributed by atoms with E-state index in [1.165, 1.54) is 58.3 Å². The number of nitrogens with one attached hydrogen (secondary N) is 1. The van der Waals surface area contributed by atoms with Crippen LogP contribution in [-0.4, -0.2) is 37.1 Å². The molecular weight excluding hydrogens is 244 g/mol. The van der Waals surface area contributed by atoms with Gasteiger partial charge in [-0.05, 0) is 49.5 Å². The molecular formula is C18H38N2. The van der Waals surface area contributed by atoms with Gasteiger partial charge in [0.05, 0.1) is 0 Å². The van der Waals surface area contributed by atoms with Crippen molar-refractivity contribution in [2.45, 2.75) is 79.7 Å². The summed E-state index contributed by atoms with van der Waals surface area (Å²) in [5.74, 6) is 0. The summed E-state index contributed by atoms with van der Waals surface area (Å²) in [6, 6.07) is 0.594. The van der Waals surface area contributed by atoms with E-state index in [1.54, 1.807) is 0 Å². The Balaban J connectivity index is 2.63. The van der Waals surface area contributed by atoms with Crippen LogP contribution < -0.4 is 5.32 Å². The van der Waals surface area contributed by atoms with Crippen molar-refractivity contribution in [2.24, 2.45) is 10.8 Å². The van der Waals surface area contributed by atoms with Gasteiger partial charge < -0.3 is 10.2 Å². The fourth-order valence-corrected chi connectivity index (χ4v) is 3.66. The monoisotopic (exact) mass is 282 g/mol. The van der Waals surface area contributed by atoms with Crippen LogP contribution in [0.3, 0.4) is 0 Å². The van der Waals surface area contributed by atoms with E-state index < -0.39 is 0 Å². The third-order valence-corrected chi connectivity index (χ3v) is 5.96. The molecule has 1 saturated heterocycles. The Morgan fingerprint density at radius 2 is 1.70 bits per heavy atom. The first-order valence-corrected chi connectivity index (χ1v) is 8.90. The summed E-state index contributed by atoms with van der Waals surface area (Å²) in [7, 11) is 0. The third kappa shape index (κ3) is 4.46. The van der Waals surface area contributed by atoms with E-state index >= 15 is 0 Å². The van der Waals surface area contributed by atoms with Gasteiger partial charge in [0.2, 0.25) is 0 Å². The average molecular weight is 283 g/mol. The predicted octanol–water partition coefficient (Wildman–Crippen LogP) is 4.30. The van der Waals surface area contributed by atoms with E-state index in [0.29, 0.717) is 16.9 Å². The van der Waals surface area contributed by atoms with Crippen molar-refractivity contribution in [1.82, 2.24) is 10.2 Å². The summed E-state index contributed by atoms with van der Waals surface area (Å²) < 4.78 is 0. The van der Waals surface area contributed by atoms with Crippen LogP contribution in [0.4, 0.5) is 0 Å². The molecule has 0 atom stereocenters. The van der Waals surface area contributed by atoms with Crippen molar-refractivity contribution in [2.75, 3.05) is 26.2 Å².